The Morgan fingerprint density at radius 1 is 1.09 bits per heavy atom. The first-order chi connectivity index (χ1) is 10.9. The van der Waals surface area contributed by atoms with Gasteiger partial charge in [0.2, 0.25) is 0 Å². The van der Waals surface area contributed by atoms with Gasteiger partial charge in [-0.1, -0.05) is 0 Å². The fraction of sp³-hybridized carbons (Fsp3) is 0.133. The number of hydrogen-bond donors (Lipinski definition) is 1. The van der Waals surface area contributed by atoms with Gasteiger partial charge >= 0.3 is 0 Å². The maximum absolute atomic E-state index is 11.2. The van der Waals surface area contributed by atoms with Gasteiger partial charge in [0.1, 0.15) is 10.6 Å². The molecule has 0 saturated carbocycles. The number of rotatable bonds is 6. The van der Waals surface area contributed by atoms with Crippen molar-refractivity contribution in [2.24, 2.45) is 10.2 Å². The van der Waals surface area contributed by atoms with E-state index in [2.05, 4.69) is 10.2 Å². The van der Waals surface area contributed by atoms with Gasteiger partial charge in [0.15, 0.2) is 6.29 Å². The van der Waals surface area contributed by atoms with Crippen LogP contribution in [0.1, 0.15) is 17.3 Å². The zero-order valence-electron chi connectivity index (χ0n) is 12.2. The second kappa shape index (κ2) is 7.12. The van der Waals surface area contributed by atoms with Crippen LogP contribution in [0.2, 0.25) is 0 Å². The minimum absolute atomic E-state index is 0.146. The number of aldehydes is 1. The standard InChI is InChI=1S/C15H14N2O5S/c1-2-22-14-7-5-12(6-8-14)16-17-13-4-3-11(10-18)15(9-13)23(19,20)21/h3-10H,2H2,1H3,(H,19,20,21). The zero-order chi connectivity index (χ0) is 16.9. The fourth-order valence-corrected chi connectivity index (χ4v) is 2.48. The molecule has 0 aliphatic heterocycles. The molecule has 0 unspecified atom stereocenters. The zero-order valence-corrected chi connectivity index (χ0v) is 13.0. The molecule has 0 bridgehead atoms. The summed E-state index contributed by atoms with van der Waals surface area (Å²) in [6.45, 7) is 2.44. The molecular weight excluding hydrogens is 320 g/mol. The van der Waals surface area contributed by atoms with E-state index < -0.39 is 15.0 Å². The highest BCUT2D eigenvalue weighted by atomic mass is 32.2. The Bertz CT molecular complexity index is 829. The van der Waals surface area contributed by atoms with Gasteiger partial charge in [-0.3, -0.25) is 9.35 Å². The van der Waals surface area contributed by atoms with Crippen molar-refractivity contribution in [3.8, 4) is 5.75 Å². The smallest absolute Gasteiger partial charge is 0.295 e. The predicted octanol–water partition coefficient (Wildman–Crippen LogP) is 3.56. The average Bonchev–Trinajstić information content (AvgIpc) is 2.53. The predicted molar refractivity (Wildman–Crippen MR) is 83.4 cm³/mol. The SMILES string of the molecule is CCOc1ccc(N=Nc2ccc(C=O)c(S(=O)(=O)O)c2)cc1. The molecule has 7 nitrogen and oxygen atoms in total. The van der Waals surface area contributed by atoms with Crippen LogP contribution >= 0.6 is 0 Å². The van der Waals surface area contributed by atoms with E-state index >= 15 is 0 Å². The summed E-state index contributed by atoms with van der Waals surface area (Å²) in [6.07, 6.45) is 0.344. The molecule has 0 fully saturated rings. The molecule has 0 aliphatic carbocycles. The van der Waals surface area contributed by atoms with Crippen molar-refractivity contribution in [3.05, 3.63) is 48.0 Å². The summed E-state index contributed by atoms with van der Waals surface area (Å²) in [5.74, 6) is 0.704. The first kappa shape index (κ1) is 16.8. The van der Waals surface area contributed by atoms with E-state index in [9.17, 15) is 13.2 Å². The summed E-state index contributed by atoms with van der Waals surface area (Å²) in [5, 5.41) is 7.86. The third-order valence-electron chi connectivity index (χ3n) is 2.83. The average molecular weight is 334 g/mol. The Kier molecular flexibility index (Phi) is 5.20. The second-order valence-electron chi connectivity index (χ2n) is 4.44. The third-order valence-corrected chi connectivity index (χ3v) is 3.74. The van der Waals surface area contributed by atoms with E-state index in [1.54, 1.807) is 24.3 Å². The number of azo groups is 1. The minimum atomic E-state index is -4.51. The number of carbonyl (C=O) groups is 1. The maximum Gasteiger partial charge on any atom is 0.295 e. The number of hydrogen-bond acceptors (Lipinski definition) is 6. The van der Waals surface area contributed by atoms with Crippen LogP contribution < -0.4 is 4.74 Å². The molecular formula is C15H14N2O5S. The monoisotopic (exact) mass is 334 g/mol. The Hall–Kier alpha value is -2.58. The Balaban J connectivity index is 2.27. The molecule has 0 atom stereocenters. The number of carbonyl (C=O) groups excluding carboxylic acids is 1. The van der Waals surface area contributed by atoms with Gasteiger partial charge in [-0.2, -0.15) is 18.6 Å². The molecule has 0 radical (unpaired) electrons. The van der Waals surface area contributed by atoms with E-state index in [4.69, 9.17) is 9.29 Å². The lowest BCUT2D eigenvalue weighted by Crippen LogP contribution is -2.02. The highest BCUT2D eigenvalue weighted by Crippen LogP contribution is 2.24. The Morgan fingerprint density at radius 3 is 2.26 bits per heavy atom. The molecule has 2 aromatic rings. The van der Waals surface area contributed by atoms with Crippen molar-refractivity contribution < 1.29 is 22.5 Å². The van der Waals surface area contributed by atoms with E-state index in [0.29, 0.717) is 24.3 Å². The van der Waals surface area contributed by atoms with Gasteiger partial charge in [0.25, 0.3) is 10.1 Å². The van der Waals surface area contributed by atoms with Gasteiger partial charge in [0, 0.05) is 5.56 Å². The summed E-state index contributed by atoms with van der Waals surface area (Å²) >= 11 is 0. The summed E-state index contributed by atoms with van der Waals surface area (Å²) in [7, 11) is -4.51. The molecule has 0 amide bonds. The van der Waals surface area contributed by atoms with E-state index in [0.717, 1.165) is 6.07 Å². The van der Waals surface area contributed by atoms with Gasteiger partial charge < -0.3 is 4.74 Å². The fourth-order valence-electron chi connectivity index (χ4n) is 1.80. The first-order valence-corrected chi connectivity index (χ1v) is 8.09. The molecule has 1 N–H and O–H groups in total. The van der Waals surface area contributed by atoms with Crippen molar-refractivity contribution in [2.45, 2.75) is 11.8 Å². The number of ether oxygens (including phenoxy) is 1. The van der Waals surface area contributed by atoms with Crippen molar-refractivity contribution in [1.29, 1.82) is 0 Å². The normalized spacial score (nSPS) is 11.6. The first-order valence-electron chi connectivity index (χ1n) is 6.65. The van der Waals surface area contributed by atoms with Crippen molar-refractivity contribution in [3.63, 3.8) is 0 Å². The summed E-state index contributed by atoms with van der Waals surface area (Å²) in [4.78, 5) is 10.3. The second-order valence-corrected chi connectivity index (χ2v) is 5.83. The van der Waals surface area contributed by atoms with Crippen molar-refractivity contribution >= 4 is 27.8 Å². The maximum atomic E-state index is 11.2. The highest BCUT2D eigenvalue weighted by molar-refractivity contribution is 7.86. The Morgan fingerprint density at radius 2 is 1.70 bits per heavy atom. The molecule has 2 aromatic carbocycles. The van der Waals surface area contributed by atoms with Gasteiger partial charge in [-0.15, -0.1) is 0 Å². The summed E-state index contributed by atoms with van der Waals surface area (Å²) in [6, 6.07) is 10.6. The molecule has 0 aliphatic rings. The van der Waals surface area contributed by atoms with Crippen LogP contribution in [0.4, 0.5) is 11.4 Å². The van der Waals surface area contributed by atoms with Crippen LogP contribution in [-0.2, 0) is 10.1 Å². The van der Waals surface area contributed by atoms with Crippen molar-refractivity contribution in [2.75, 3.05) is 6.61 Å². The molecule has 23 heavy (non-hydrogen) atoms. The van der Waals surface area contributed by atoms with Gasteiger partial charge in [-0.25, -0.2) is 0 Å². The molecule has 0 heterocycles. The van der Waals surface area contributed by atoms with Crippen LogP contribution in [-0.4, -0.2) is 25.9 Å². The largest absolute Gasteiger partial charge is 0.494 e. The Labute approximate surface area is 133 Å². The highest BCUT2D eigenvalue weighted by Gasteiger charge is 2.15. The quantitative estimate of drug-likeness (QED) is 0.494. The lowest BCUT2D eigenvalue weighted by Gasteiger charge is -2.03. The lowest BCUT2D eigenvalue weighted by atomic mass is 10.2. The topological polar surface area (TPSA) is 105 Å². The van der Waals surface area contributed by atoms with E-state index in [-0.39, 0.29) is 11.3 Å². The van der Waals surface area contributed by atoms with Crippen molar-refractivity contribution in [1.82, 2.24) is 0 Å². The van der Waals surface area contributed by atoms with Gasteiger partial charge in [-0.05, 0) is 49.4 Å². The molecule has 120 valence electrons. The third kappa shape index (κ3) is 4.44. The molecule has 0 aromatic heterocycles. The van der Waals surface area contributed by atoms with Gasteiger partial charge in [0.05, 0.1) is 18.0 Å². The van der Waals surface area contributed by atoms with Crippen LogP contribution in [0.5, 0.6) is 5.75 Å². The molecule has 2 rings (SSSR count). The molecule has 0 spiro atoms. The number of benzene rings is 2. The van der Waals surface area contributed by atoms with Crippen LogP contribution in [0, 0.1) is 0 Å². The number of nitrogens with zero attached hydrogens (tertiary/aromatic N) is 2. The lowest BCUT2D eigenvalue weighted by molar-refractivity contribution is 0.112. The van der Waals surface area contributed by atoms with E-state index in [1.807, 2.05) is 6.92 Å². The van der Waals surface area contributed by atoms with Crippen LogP contribution in [0.15, 0.2) is 57.6 Å². The summed E-state index contributed by atoms with van der Waals surface area (Å²) < 4.78 is 36.9. The summed E-state index contributed by atoms with van der Waals surface area (Å²) in [5.41, 5.74) is 0.589. The van der Waals surface area contributed by atoms with Crippen LogP contribution in [0.25, 0.3) is 0 Å². The molecule has 0 saturated heterocycles. The van der Waals surface area contributed by atoms with Crippen LogP contribution in [0.3, 0.4) is 0 Å². The minimum Gasteiger partial charge on any atom is -0.494 e. The molecule has 8 heteroatoms. The van der Waals surface area contributed by atoms with E-state index in [1.165, 1.54) is 12.1 Å².